The molecule has 1 aromatic heterocycles. The summed E-state index contributed by atoms with van der Waals surface area (Å²) in [6.07, 6.45) is 2.15. The van der Waals surface area contributed by atoms with E-state index in [9.17, 15) is 9.18 Å². The second kappa shape index (κ2) is 6.69. The van der Waals surface area contributed by atoms with Crippen molar-refractivity contribution in [3.63, 3.8) is 0 Å². The van der Waals surface area contributed by atoms with Crippen LogP contribution in [-0.4, -0.2) is 22.6 Å². The van der Waals surface area contributed by atoms with Gasteiger partial charge in [0.1, 0.15) is 17.2 Å². The van der Waals surface area contributed by atoms with Crippen molar-refractivity contribution in [2.45, 2.75) is 13.3 Å². The van der Waals surface area contributed by atoms with Crippen molar-refractivity contribution in [2.75, 3.05) is 17.2 Å². The predicted octanol–water partition coefficient (Wildman–Crippen LogP) is 3.48. The van der Waals surface area contributed by atoms with Gasteiger partial charge in [0.2, 0.25) is 0 Å². The molecule has 3 N–H and O–H groups in total. The van der Waals surface area contributed by atoms with Gasteiger partial charge in [-0.15, -0.1) is 0 Å². The van der Waals surface area contributed by atoms with Gasteiger partial charge in [-0.1, -0.05) is 13.0 Å². The zero-order valence-electron chi connectivity index (χ0n) is 11.6. The number of anilines is 3. The molecule has 0 amide bonds. The van der Waals surface area contributed by atoms with Crippen LogP contribution in [0.25, 0.3) is 0 Å². The smallest absolute Gasteiger partial charge is 0.339 e. The van der Waals surface area contributed by atoms with Crippen LogP contribution in [0.1, 0.15) is 23.7 Å². The first-order valence-electron chi connectivity index (χ1n) is 6.60. The van der Waals surface area contributed by atoms with Crippen molar-refractivity contribution in [2.24, 2.45) is 0 Å². The average molecular weight is 289 g/mol. The van der Waals surface area contributed by atoms with Gasteiger partial charge in [0.05, 0.1) is 5.69 Å². The highest BCUT2D eigenvalue weighted by Gasteiger charge is 2.11. The summed E-state index contributed by atoms with van der Waals surface area (Å²) in [4.78, 5) is 15.2. The van der Waals surface area contributed by atoms with Crippen molar-refractivity contribution < 1.29 is 14.3 Å². The summed E-state index contributed by atoms with van der Waals surface area (Å²) in [7, 11) is 0. The Kier molecular flexibility index (Phi) is 4.71. The van der Waals surface area contributed by atoms with E-state index in [1.165, 1.54) is 18.3 Å². The fourth-order valence-electron chi connectivity index (χ4n) is 1.81. The topological polar surface area (TPSA) is 74.2 Å². The maximum absolute atomic E-state index is 13.1. The van der Waals surface area contributed by atoms with Crippen LogP contribution in [0.5, 0.6) is 0 Å². The number of pyridine rings is 1. The average Bonchev–Trinajstić information content (AvgIpc) is 2.45. The third-order valence-electron chi connectivity index (χ3n) is 2.80. The van der Waals surface area contributed by atoms with Gasteiger partial charge in [0.15, 0.2) is 0 Å². The van der Waals surface area contributed by atoms with Crippen LogP contribution in [0, 0.1) is 5.82 Å². The molecule has 1 heterocycles. The molecule has 0 aliphatic heterocycles. The maximum Gasteiger partial charge on any atom is 0.339 e. The van der Waals surface area contributed by atoms with Crippen LogP contribution in [0.2, 0.25) is 0 Å². The van der Waals surface area contributed by atoms with Gasteiger partial charge >= 0.3 is 5.97 Å². The molecular formula is C15H16FN3O2. The molecule has 0 saturated heterocycles. The number of aromatic carboxylic acids is 1. The lowest BCUT2D eigenvalue weighted by Crippen LogP contribution is -2.08. The number of aromatic nitrogens is 1. The number of carboxylic acid groups (broad SMARTS) is 1. The molecule has 1 aromatic carbocycles. The fraction of sp³-hybridized carbons (Fsp3) is 0.200. The highest BCUT2D eigenvalue weighted by molar-refractivity contribution is 5.94. The van der Waals surface area contributed by atoms with E-state index >= 15 is 0 Å². The monoisotopic (exact) mass is 289 g/mol. The molecule has 21 heavy (non-hydrogen) atoms. The molecule has 110 valence electrons. The van der Waals surface area contributed by atoms with Gasteiger partial charge < -0.3 is 15.7 Å². The molecule has 5 nitrogen and oxygen atoms in total. The zero-order chi connectivity index (χ0) is 15.2. The Morgan fingerprint density at radius 2 is 2.19 bits per heavy atom. The highest BCUT2D eigenvalue weighted by atomic mass is 19.1. The lowest BCUT2D eigenvalue weighted by Gasteiger charge is -2.11. The first kappa shape index (κ1) is 14.8. The van der Waals surface area contributed by atoms with E-state index in [1.54, 1.807) is 18.2 Å². The molecule has 0 fully saturated rings. The lowest BCUT2D eigenvalue weighted by atomic mass is 10.2. The summed E-state index contributed by atoms with van der Waals surface area (Å²) in [5.74, 6) is -0.950. The molecule has 0 radical (unpaired) electrons. The second-order valence-electron chi connectivity index (χ2n) is 4.48. The first-order chi connectivity index (χ1) is 10.1. The Hall–Kier alpha value is -2.63. The fourth-order valence-corrected chi connectivity index (χ4v) is 1.81. The van der Waals surface area contributed by atoms with E-state index in [2.05, 4.69) is 15.6 Å². The molecule has 0 atom stereocenters. The number of nitrogens with one attached hydrogen (secondary N) is 2. The number of rotatable bonds is 6. The van der Waals surface area contributed by atoms with Gasteiger partial charge in [-0.05, 0) is 24.6 Å². The van der Waals surface area contributed by atoms with Crippen LogP contribution in [0.15, 0.2) is 36.5 Å². The third kappa shape index (κ3) is 3.92. The summed E-state index contributed by atoms with van der Waals surface area (Å²) in [5, 5.41) is 15.1. The molecule has 0 aliphatic rings. The van der Waals surface area contributed by atoms with E-state index in [-0.39, 0.29) is 11.4 Å². The van der Waals surface area contributed by atoms with Crippen molar-refractivity contribution in [3.05, 3.63) is 47.9 Å². The van der Waals surface area contributed by atoms with Crippen molar-refractivity contribution in [1.82, 2.24) is 4.98 Å². The number of hydrogen-bond donors (Lipinski definition) is 3. The van der Waals surface area contributed by atoms with Gasteiger partial charge in [-0.25, -0.2) is 14.2 Å². The quantitative estimate of drug-likeness (QED) is 0.759. The minimum Gasteiger partial charge on any atom is -0.478 e. The summed E-state index contributed by atoms with van der Waals surface area (Å²) in [6, 6.07) is 7.57. The van der Waals surface area contributed by atoms with Crippen molar-refractivity contribution in [3.8, 4) is 0 Å². The third-order valence-corrected chi connectivity index (χ3v) is 2.80. The number of hydrogen-bond acceptors (Lipinski definition) is 4. The molecule has 2 aromatic rings. The number of carboxylic acids is 1. The van der Waals surface area contributed by atoms with Gasteiger partial charge in [-0.2, -0.15) is 0 Å². The Balaban J connectivity index is 2.26. The SMILES string of the molecule is CCCNc1cc(Nc2cccc(F)c2)ncc1C(=O)O. The van der Waals surface area contributed by atoms with E-state index in [1.807, 2.05) is 6.92 Å². The van der Waals surface area contributed by atoms with E-state index in [0.717, 1.165) is 6.42 Å². The lowest BCUT2D eigenvalue weighted by molar-refractivity contribution is 0.0697. The summed E-state index contributed by atoms with van der Waals surface area (Å²) in [6.45, 7) is 2.64. The molecule has 0 aliphatic carbocycles. The van der Waals surface area contributed by atoms with E-state index < -0.39 is 5.97 Å². The second-order valence-corrected chi connectivity index (χ2v) is 4.48. The van der Waals surface area contributed by atoms with E-state index in [4.69, 9.17) is 5.11 Å². The van der Waals surface area contributed by atoms with Crippen molar-refractivity contribution >= 4 is 23.2 Å². The zero-order valence-corrected chi connectivity index (χ0v) is 11.6. The van der Waals surface area contributed by atoms with Gasteiger partial charge in [-0.3, -0.25) is 0 Å². The van der Waals surface area contributed by atoms with Gasteiger partial charge in [0, 0.05) is 24.5 Å². The molecule has 0 saturated carbocycles. The number of carbonyl (C=O) groups is 1. The van der Waals surface area contributed by atoms with Crippen LogP contribution in [0.4, 0.5) is 21.6 Å². The molecule has 2 rings (SSSR count). The summed E-state index contributed by atoms with van der Waals surface area (Å²) < 4.78 is 13.1. The Labute approximate surface area is 121 Å². The molecular weight excluding hydrogens is 273 g/mol. The Morgan fingerprint density at radius 3 is 2.86 bits per heavy atom. The number of nitrogens with zero attached hydrogens (tertiary/aromatic N) is 1. The predicted molar refractivity (Wildman–Crippen MR) is 79.7 cm³/mol. The van der Waals surface area contributed by atoms with E-state index in [0.29, 0.717) is 23.7 Å². The number of halogens is 1. The minimum absolute atomic E-state index is 0.105. The molecule has 6 heteroatoms. The number of benzene rings is 1. The van der Waals surface area contributed by atoms with Crippen LogP contribution >= 0.6 is 0 Å². The largest absolute Gasteiger partial charge is 0.478 e. The Morgan fingerprint density at radius 1 is 1.38 bits per heavy atom. The minimum atomic E-state index is -1.04. The summed E-state index contributed by atoms with van der Waals surface area (Å²) in [5.41, 5.74) is 1.14. The van der Waals surface area contributed by atoms with Crippen LogP contribution in [0.3, 0.4) is 0 Å². The first-order valence-corrected chi connectivity index (χ1v) is 6.60. The standard InChI is InChI=1S/C15H16FN3O2/c1-2-6-17-13-8-14(18-9-12(13)15(20)21)19-11-5-3-4-10(16)7-11/h3-5,7-9H,2,6H2,1H3,(H,20,21)(H2,17,18,19). The normalized spacial score (nSPS) is 10.2. The van der Waals surface area contributed by atoms with Gasteiger partial charge in [0.25, 0.3) is 0 Å². The van der Waals surface area contributed by atoms with Crippen molar-refractivity contribution in [1.29, 1.82) is 0 Å². The molecule has 0 bridgehead atoms. The maximum atomic E-state index is 13.1. The van der Waals surface area contributed by atoms with Crippen LogP contribution in [-0.2, 0) is 0 Å². The van der Waals surface area contributed by atoms with Crippen LogP contribution < -0.4 is 10.6 Å². The molecule has 0 spiro atoms. The summed E-state index contributed by atoms with van der Waals surface area (Å²) >= 11 is 0. The molecule has 0 unspecified atom stereocenters. The highest BCUT2D eigenvalue weighted by Crippen LogP contribution is 2.22. The Bertz CT molecular complexity index is 647.